The first-order valence-corrected chi connectivity index (χ1v) is 6.05. The number of rotatable bonds is 4. The molecule has 1 aromatic heterocycles. The number of nitrogens with zero attached hydrogens (tertiary/aromatic N) is 2. The molecule has 0 atom stereocenters. The van der Waals surface area contributed by atoms with Gasteiger partial charge in [0.1, 0.15) is 12.4 Å². The van der Waals surface area contributed by atoms with E-state index in [4.69, 9.17) is 5.11 Å². The zero-order valence-corrected chi connectivity index (χ0v) is 11.1. The lowest BCUT2D eigenvalue weighted by Gasteiger charge is -2.15. The number of benzene rings is 1. The highest BCUT2D eigenvalue weighted by molar-refractivity contribution is 5.85. The van der Waals surface area contributed by atoms with E-state index in [2.05, 4.69) is 10.3 Å². The van der Waals surface area contributed by atoms with Crippen molar-refractivity contribution in [3.8, 4) is 0 Å². The van der Waals surface area contributed by atoms with Crippen LogP contribution < -0.4 is 10.2 Å². The van der Waals surface area contributed by atoms with Crippen molar-refractivity contribution in [1.82, 2.24) is 10.3 Å². The fourth-order valence-corrected chi connectivity index (χ4v) is 1.86. The third-order valence-corrected chi connectivity index (χ3v) is 2.87. The van der Waals surface area contributed by atoms with E-state index in [0.29, 0.717) is 6.54 Å². The van der Waals surface area contributed by atoms with E-state index in [1.807, 2.05) is 49.3 Å². The molecule has 5 nitrogen and oxygen atoms in total. The molecule has 0 unspecified atom stereocenters. The second kappa shape index (κ2) is 5.67. The van der Waals surface area contributed by atoms with Gasteiger partial charge in [0, 0.05) is 26.0 Å². The number of anilines is 1. The van der Waals surface area contributed by atoms with Crippen molar-refractivity contribution >= 4 is 22.6 Å². The van der Waals surface area contributed by atoms with Gasteiger partial charge in [-0.25, -0.2) is 4.98 Å². The predicted molar refractivity (Wildman–Crippen MR) is 75.0 cm³/mol. The van der Waals surface area contributed by atoms with Gasteiger partial charge >= 0.3 is 0 Å². The van der Waals surface area contributed by atoms with Crippen LogP contribution in [-0.4, -0.2) is 36.7 Å². The molecule has 0 saturated carbocycles. The lowest BCUT2D eigenvalue weighted by atomic mass is 10.1. The normalized spacial score (nSPS) is 10.5. The van der Waals surface area contributed by atoms with Crippen LogP contribution in [0.2, 0.25) is 0 Å². The summed E-state index contributed by atoms with van der Waals surface area (Å²) >= 11 is 0. The van der Waals surface area contributed by atoms with Gasteiger partial charge in [-0.1, -0.05) is 18.2 Å². The summed E-state index contributed by atoms with van der Waals surface area (Å²) in [5.74, 6) is 0.458. The summed E-state index contributed by atoms with van der Waals surface area (Å²) in [6.07, 6.45) is 0. The average molecular weight is 259 g/mol. The van der Waals surface area contributed by atoms with Crippen molar-refractivity contribution in [2.24, 2.45) is 0 Å². The van der Waals surface area contributed by atoms with Gasteiger partial charge in [0.25, 0.3) is 0 Å². The van der Waals surface area contributed by atoms with Crippen LogP contribution in [-0.2, 0) is 11.3 Å². The van der Waals surface area contributed by atoms with Gasteiger partial charge in [0.05, 0.1) is 5.52 Å². The molecule has 2 N–H and O–H groups in total. The van der Waals surface area contributed by atoms with Crippen LogP contribution in [0.3, 0.4) is 0 Å². The first kappa shape index (κ1) is 13.3. The van der Waals surface area contributed by atoms with Crippen molar-refractivity contribution in [3.63, 3.8) is 0 Å². The molecule has 0 aliphatic rings. The van der Waals surface area contributed by atoms with Gasteiger partial charge in [-0.3, -0.25) is 4.79 Å². The molecule has 0 aliphatic heterocycles. The molecule has 0 spiro atoms. The highest BCUT2D eigenvalue weighted by atomic mass is 16.3. The molecule has 1 aromatic carbocycles. The van der Waals surface area contributed by atoms with Gasteiger partial charge in [-0.15, -0.1) is 0 Å². The van der Waals surface area contributed by atoms with Gasteiger partial charge in [0.2, 0.25) is 5.91 Å². The molecule has 0 saturated heterocycles. The average Bonchev–Trinajstić information content (AvgIpc) is 2.43. The number of carbonyl (C=O) groups excluding carboxylic acids is 1. The highest BCUT2D eigenvalue weighted by Crippen LogP contribution is 2.21. The minimum Gasteiger partial charge on any atom is -0.387 e. The Labute approximate surface area is 111 Å². The summed E-state index contributed by atoms with van der Waals surface area (Å²) in [6, 6.07) is 9.74. The fourth-order valence-electron chi connectivity index (χ4n) is 1.86. The molecule has 5 heteroatoms. The number of aliphatic hydroxyl groups excluding tert-OH is 1. The Kier molecular flexibility index (Phi) is 3.97. The van der Waals surface area contributed by atoms with E-state index in [1.54, 1.807) is 0 Å². The molecule has 0 aliphatic carbocycles. The summed E-state index contributed by atoms with van der Waals surface area (Å²) in [4.78, 5) is 17.6. The first-order valence-electron chi connectivity index (χ1n) is 6.05. The molecule has 0 bridgehead atoms. The van der Waals surface area contributed by atoms with Gasteiger partial charge in [-0.2, -0.15) is 0 Å². The molecule has 19 heavy (non-hydrogen) atoms. The molecule has 2 rings (SSSR count). The number of hydrogen-bond acceptors (Lipinski definition) is 4. The van der Waals surface area contributed by atoms with Gasteiger partial charge in [-0.05, 0) is 17.7 Å². The highest BCUT2D eigenvalue weighted by Gasteiger charge is 2.08. The monoisotopic (exact) mass is 259 g/mol. The summed E-state index contributed by atoms with van der Waals surface area (Å²) in [6.45, 7) is -0.118. The van der Waals surface area contributed by atoms with Crippen molar-refractivity contribution in [1.29, 1.82) is 0 Å². The SMILES string of the molecule is CN(C)c1cc(CNC(=O)CO)c2ccccc2n1. The Hall–Kier alpha value is -2.14. The van der Waals surface area contributed by atoms with E-state index < -0.39 is 6.61 Å². The third-order valence-electron chi connectivity index (χ3n) is 2.87. The van der Waals surface area contributed by atoms with E-state index in [9.17, 15) is 4.79 Å². The number of fused-ring (bicyclic) bond motifs is 1. The lowest BCUT2D eigenvalue weighted by Crippen LogP contribution is -2.25. The van der Waals surface area contributed by atoms with Crippen LogP contribution in [0.5, 0.6) is 0 Å². The Balaban J connectivity index is 2.41. The number of nitrogens with one attached hydrogen (secondary N) is 1. The Morgan fingerprint density at radius 3 is 2.79 bits per heavy atom. The molecular weight excluding hydrogens is 242 g/mol. The smallest absolute Gasteiger partial charge is 0.245 e. The van der Waals surface area contributed by atoms with Gasteiger partial charge < -0.3 is 15.3 Å². The topological polar surface area (TPSA) is 65.5 Å². The molecule has 100 valence electrons. The van der Waals surface area contributed by atoms with Crippen LogP contribution in [0, 0.1) is 0 Å². The molecular formula is C14H17N3O2. The fraction of sp³-hybridized carbons (Fsp3) is 0.286. The van der Waals surface area contributed by atoms with Crippen LogP contribution in [0.1, 0.15) is 5.56 Å². The quantitative estimate of drug-likeness (QED) is 0.856. The van der Waals surface area contributed by atoms with Crippen LogP contribution in [0.15, 0.2) is 30.3 Å². The molecule has 0 fully saturated rings. The maximum absolute atomic E-state index is 11.2. The summed E-state index contributed by atoms with van der Waals surface area (Å²) < 4.78 is 0. The number of hydrogen-bond donors (Lipinski definition) is 2. The first-order chi connectivity index (χ1) is 9.11. The zero-order chi connectivity index (χ0) is 13.8. The van der Waals surface area contributed by atoms with Crippen LogP contribution in [0.4, 0.5) is 5.82 Å². The minimum atomic E-state index is -0.496. The second-order valence-corrected chi connectivity index (χ2v) is 4.49. The summed E-state index contributed by atoms with van der Waals surface area (Å²) in [5.41, 5.74) is 1.87. The maximum Gasteiger partial charge on any atom is 0.245 e. The zero-order valence-electron chi connectivity index (χ0n) is 11.1. The molecule has 1 heterocycles. The second-order valence-electron chi connectivity index (χ2n) is 4.49. The number of aromatic nitrogens is 1. The number of amides is 1. The largest absolute Gasteiger partial charge is 0.387 e. The van der Waals surface area contributed by atoms with Crippen LogP contribution >= 0.6 is 0 Å². The van der Waals surface area contributed by atoms with E-state index >= 15 is 0 Å². The summed E-state index contributed by atoms with van der Waals surface area (Å²) in [5, 5.41) is 12.4. The number of pyridine rings is 1. The van der Waals surface area contributed by atoms with E-state index in [0.717, 1.165) is 22.3 Å². The number of carbonyl (C=O) groups is 1. The third kappa shape index (κ3) is 3.00. The number of para-hydroxylation sites is 1. The molecule has 2 aromatic rings. The van der Waals surface area contributed by atoms with Crippen molar-refractivity contribution in [2.45, 2.75) is 6.54 Å². The Morgan fingerprint density at radius 2 is 2.11 bits per heavy atom. The predicted octanol–water partition coefficient (Wildman–Crippen LogP) is 0.909. The van der Waals surface area contributed by atoms with Crippen molar-refractivity contribution < 1.29 is 9.90 Å². The van der Waals surface area contributed by atoms with Crippen LogP contribution in [0.25, 0.3) is 10.9 Å². The summed E-state index contributed by atoms with van der Waals surface area (Å²) in [7, 11) is 3.85. The van der Waals surface area contributed by atoms with Crippen molar-refractivity contribution in [2.75, 3.05) is 25.6 Å². The minimum absolute atomic E-state index is 0.378. The number of aliphatic hydroxyl groups is 1. The lowest BCUT2D eigenvalue weighted by molar-refractivity contribution is -0.123. The standard InChI is InChI=1S/C14H17N3O2/c1-17(2)13-7-10(8-15-14(19)9-18)11-5-3-4-6-12(11)16-13/h3-7,18H,8-9H2,1-2H3,(H,15,19). The Morgan fingerprint density at radius 1 is 1.37 bits per heavy atom. The van der Waals surface area contributed by atoms with Gasteiger partial charge in [0.15, 0.2) is 0 Å². The molecule has 1 amide bonds. The Bertz CT molecular complexity index is 596. The maximum atomic E-state index is 11.2. The van der Waals surface area contributed by atoms with Crippen molar-refractivity contribution in [3.05, 3.63) is 35.9 Å². The molecule has 0 radical (unpaired) electrons. The van der Waals surface area contributed by atoms with E-state index in [-0.39, 0.29) is 5.91 Å². The van der Waals surface area contributed by atoms with E-state index in [1.165, 1.54) is 0 Å².